The normalized spacial score (nSPS) is 10.4. The SMILES string of the molecule is CC(=O)c1c(C)nsc1NCc1ccc(C)nc1. The monoisotopic (exact) mass is 261 g/mol. The third-order valence-electron chi connectivity index (χ3n) is 2.64. The zero-order valence-electron chi connectivity index (χ0n) is 10.7. The Morgan fingerprint density at radius 3 is 2.78 bits per heavy atom. The number of Topliss-reactive ketones (excluding diaryl/α,β-unsaturated/α-hetero) is 1. The molecule has 0 aliphatic carbocycles. The van der Waals surface area contributed by atoms with E-state index < -0.39 is 0 Å². The molecule has 2 rings (SSSR count). The molecule has 0 unspecified atom stereocenters. The molecule has 0 amide bonds. The average Bonchev–Trinajstić information content (AvgIpc) is 2.70. The van der Waals surface area contributed by atoms with Gasteiger partial charge in [0.05, 0.1) is 11.3 Å². The highest BCUT2D eigenvalue weighted by Crippen LogP contribution is 2.25. The Labute approximate surface area is 110 Å². The summed E-state index contributed by atoms with van der Waals surface area (Å²) in [6.07, 6.45) is 1.84. The first-order valence-electron chi connectivity index (χ1n) is 5.70. The van der Waals surface area contributed by atoms with E-state index in [4.69, 9.17) is 0 Å². The molecule has 5 heteroatoms. The maximum Gasteiger partial charge on any atom is 0.164 e. The van der Waals surface area contributed by atoms with Crippen LogP contribution >= 0.6 is 11.5 Å². The largest absolute Gasteiger partial charge is 0.371 e. The van der Waals surface area contributed by atoms with Crippen molar-refractivity contribution in [1.82, 2.24) is 9.36 Å². The number of hydrogen-bond donors (Lipinski definition) is 1. The maximum atomic E-state index is 11.5. The molecule has 18 heavy (non-hydrogen) atoms. The molecule has 0 saturated heterocycles. The van der Waals surface area contributed by atoms with Gasteiger partial charge in [-0.3, -0.25) is 9.78 Å². The van der Waals surface area contributed by atoms with Gasteiger partial charge in [-0.15, -0.1) is 0 Å². The Morgan fingerprint density at radius 2 is 2.17 bits per heavy atom. The second-order valence-corrected chi connectivity index (χ2v) is 4.96. The van der Waals surface area contributed by atoms with Crippen LogP contribution in [0.5, 0.6) is 0 Å². The molecule has 0 fully saturated rings. The van der Waals surface area contributed by atoms with Crippen LogP contribution in [0.15, 0.2) is 18.3 Å². The highest BCUT2D eigenvalue weighted by atomic mass is 32.1. The molecule has 0 aromatic carbocycles. The van der Waals surface area contributed by atoms with Crippen LogP contribution in [-0.2, 0) is 6.54 Å². The van der Waals surface area contributed by atoms with E-state index in [0.29, 0.717) is 12.1 Å². The molecule has 2 aromatic heterocycles. The van der Waals surface area contributed by atoms with Crippen molar-refractivity contribution in [3.63, 3.8) is 0 Å². The first kappa shape index (κ1) is 12.7. The summed E-state index contributed by atoms with van der Waals surface area (Å²) >= 11 is 1.32. The molecule has 1 N–H and O–H groups in total. The number of rotatable bonds is 4. The van der Waals surface area contributed by atoms with Crippen molar-refractivity contribution in [2.45, 2.75) is 27.3 Å². The van der Waals surface area contributed by atoms with Gasteiger partial charge < -0.3 is 5.32 Å². The molecule has 4 nitrogen and oxygen atoms in total. The lowest BCUT2D eigenvalue weighted by Gasteiger charge is -2.05. The first-order valence-corrected chi connectivity index (χ1v) is 6.48. The number of nitrogens with one attached hydrogen (secondary N) is 1. The number of hydrogen-bond acceptors (Lipinski definition) is 5. The van der Waals surface area contributed by atoms with Crippen LogP contribution in [-0.4, -0.2) is 15.1 Å². The standard InChI is InChI=1S/C13H15N3OS/c1-8-4-5-11(6-14-8)7-15-13-12(10(3)17)9(2)16-18-13/h4-6,15H,7H2,1-3H3. The van der Waals surface area contributed by atoms with Crippen molar-refractivity contribution >= 4 is 22.3 Å². The van der Waals surface area contributed by atoms with Crippen LogP contribution in [0.4, 0.5) is 5.00 Å². The molecule has 0 spiro atoms. The Balaban J connectivity index is 2.11. The molecular weight excluding hydrogens is 246 g/mol. The van der Waals surface area contributed by atoms with Gasteiger partial charge >= 0.3 is 0 Å². The lowest BCUT2D eigenvalue weighted by Crippen LogP contribution is -2.03. The van der Waals surface area contributed by atoms with Gasteiger partial charge in [0.2, 0.25) is 0 Å². The minimum absolute atomic E-state index is 0.0470. The fraction of sp³-hybridized carbons (Fsp3) is 0.308. The van der Waals surface area contributed by atoms with E-state index in [1.165, 1.54) is 11.5 Å². The van der Waals surface area contributed by atoms with Crippen LogP contribution in [0.2, 0.25) is 0 Å². The molecule has 0 radical (unpaired) electrons. The van der Waals surface area contributed by atoms with Crippen molar-refractivity contribution in [3.05, 3.63) is 40.8 Å². The Kier molecular flexibility index (Phi) is 3.72. The number of ketones is 1. The van der Waals surface area contributed by atoms with E-state index in [2.05, 4.69) is 14.7 Å². The van der Waals surface area contributed by atoms with Gasteiger partial charge in [0.25, 0.3) is 0 Å². The third kappa shape index (κ3) is 2.73. The number of nitrogens with zero attached hydrogens (tertiary/aromatic N) is 2. The number of carbonyl (C=O) groups is 1. The molecule has 0 saturated carbocycles. The van der Waals surface area contributed by atoms with Gasteiger partial charge in [-0.1, -0.05) is 6.07 Å². The Bertz CT molecular complexity index is 560. The lowest BCUT2D eigenvalue weighted by molar-refractivity contribution is 0.101. The third-order valence-corrected chi connectivity index (χ3v) is 3.54. The van der Waals surface area contributed by atoms with Crippen molar-refractivity contribution in [2.24, 2.45) is 0 Å². The highest BCUT2D eigenvalue weighted by molar-refractivity contribution is 7.10. The number of aromatic nitrogens is 2. The van der Waals surface area contributed by atoms with Crippen molar-refractivity contribution in [1.29, 1.82) is 0 Å². The van der Waals surface area contributed by atoms with Gasteiger partial charge in [-0.25, -0.2) is 0 Å². The summed E-state index contributed by atoms with van der Waals surface area (Å²) in [7, 11) is 0. The van der Waals surface area contributed by atoms with Crippen molar-refractivity contribution in [2.75, 3.05) is 5.32 Å². The summed E-state index contributed by atoms with van der Waals surface area (Å²) in [6.45, 7) is 6.02. The topological polar surface area (TPSA) is 54.9 Å². The molecule has 94 valence electrons. The Morgan fingerprint density at radius 1 is 1.39 bits per heavy atom. The van der Waals surface area contributed by atoms with Crippen LogP contribution in [0, 0.1) is 13.8 Å². The molecule has 0 aliphatic heterocycles. The maximum absolute atomic E-state index is 11.5. The van der Waals surface area contributed by atoms with E-state index in [-0.39, 0.29) is 5.78 Å². The van der Waals surface area contributed by atoms with Crippen LogP contribution in [0.1, 0.15) is 34.2 Å². The molecule has 0 bridgehead atoms. The number of pyridine rings is 1. The van der Waals surface area contributed by atoms with Crippen LogP contribution < -0.4 is 5.32 Å². The van der Waals surface area contributed by atoms with Crippen LogP contribution in [0.3, 0.4) is 0 Å². The minimum atomic E-state index is 0.0470. The summed E-state index contributed by atoms with van der Waals surface area (Å²) in [6, 6.07) is 4.00. The van der Waals surface area contributed by atoms with E-state index >= 15 is 0 Å². The zero-order chi connectivity index (χ0) is 13.1. The van der Waals surface area contributed by atoms with E-state index in [1.807, 2.05) is 32.2 Å². The summed E-state index contributed by atoms with van der Waals surface area (Å²) in [4.78, 5) is 15.8. The molecule has 0 atom stereocenters. The molecule has 0 aliphatic rings. The van der Waals surface area contributed by atoms with Crippen molar-refractivity contribution < 1.29 is 4.79 Å². The second-order valence-electron chi connectivity index (χ2n) is 4.19. The van der Waals surface area contributed by atoms with E-state index in [0.717, 1.165) is 22.0 Å². The first-order chi connectivity index (χ1) is 8.58. The predicted octanol–water partition coefficient (Wildman–Crippen LogP) is 2.97. The predicted molar refractivity (Wildman–Crippen MR) is 73.2 cm³/mol. The fourth-order valence-electron chi connectivity index (χ4n) is 1.69. The van der Waals surface area contributed by atoms with E-state index in [9.17, 15) is 4.79 Å². The summed E-state index contributed by atoms with van der Waals surface area (Å²) in [5.41, 5.74) is 3.56. The number of anilines is 1. The van der Waals surface area contributed by atoms with Crippen molar-refractivity contribution in [3.8, 4) is 0 Å². The summed E-state index contributed by atoms with van der Waals surface area (Å²) in [5, 5.41) is 4.08. The number of aryl methyl sites for hydroxylation is 2. The summed E-state index contributed by atoms with van der Waals surface area (Å²) < 4.78 is 4.21. The van der Waals surface area contributed by atoms with Gasteiger partial charge in [0, 0.05) is 18.4 Å². The molecule has 2 heterocycles. The van der Waals surface area contributed by atoms with Crippen LogP contribution in [0.25, 0.3) is 0 Å². The second kappa shape index (κ2) is 5.27. The van der Waals surface area contributed by atoms with Gasteiger partial charge in [-0.05, 0) is 43.9 Å². The smallest absolute Gasteiger partial charge is 0.164 e. The summed E-state index contributed by atoms with van der Waals surface area (Å²) in [5.74, 6) is 0.0470. The van der Waals surface area contributed by atoms with Gasteiger partial charge in [-0.2, -0.15) is 4.37 Å². The molecular formula is C13H15N3OS. The van der Waals surface area contributed by atoms with E-state index in [1.54, 1.807) is 6.92 Å². The average molecular weight is 261 g/mol. The van der Waals surface area contributed by atoms with Gasteiger partial charge in [0.15, 0.2) is 5.78 Å². The molecule has 2 aromatic rings. The number of carbonyl (C=O) groups excluding carboxylic acids is 1. The lowest BCUT2D eigenvalue weighted by atomic mass is 10.2. The fourth-order valence-corrected chi connectivity index (χ4v) is 2.53. The van der Waals surface area contributed by atoms with Gasteiger partial charge in [0.1, 0.15) is 5.00 Å². The quantitative estimate of drug-likeness (QED) is 0.860. The zero-order valence-corrected chi connectivity index (χ0v) is 11.5. The Hall–Kier alpha value is -1.75. The minimum Gasteiger partial charge on any atom is -0.371 e. The highest BCUT2D eigenvalue weighted by Gasteiger charge is 2.14.